The molecule has 0 spiro atoms. The van der Waals surface area contributed by atoms with E-state index in [1.165, 1.54) is 26.4 Å². The molecule has 0 atom stereocenters. The molecule has 0 fully saturated rings. The van der Waals surface area contributed by atoms with Crippen LogP contribution < -0.4 is 14.9 Å². The number of amides is 1. The van der Waals surface area contributed by atoms with Gasteiger partial charge in [0.25, 0.3) is 11.6 Å². The first-order valence-electron chi connectivity index (χ1n) is 9.34. The maximum absolute atomic E-state index is 12.4. The molecule has 160 valence electrons. The van der Waals surface area contributed by atoms with Gasteiger partial charge in [0.15, 0.2) is 0 Å². The van der Waals surface area contributed by atoms with Gasteiger partial charge in [-0.2, -0.15) is 5.10 Å². The Labute approximate surface area is 179 Å². The van der Waals surface area contributed by atoms with Crippen LogP contribution in [-0.4, -0.2) is 35.8 Å². The van der Waals surface area contributed by atoms with Crippen molar-refractivity contribution in [1.82, 2.24) is 9.99 Å². The normalized spacial score (nSPS) is 10.8. The molecule has 9 heteroatoms. The number of nitro benzene ring substituents is 1. The van der Waals surface area contributed by atoms with Crippen molar-refractivity contribution in [2.75, 3.05) is 14.2 Å². The van der Waals surface area contributed by atoms with Gasteiger partial charge in [-0.15, -0.1) is 0 Å². The topological polar surface area (TPSA) is 108 Å². The van der Waals surface area contributed by atoms with E-state index in [1.54, 1.807) is 36.5 Å². The number of nitro groups is 1. The summed E-state index contributed by atoms with van der Waals surface area (Å²) in [6.45, 7) is 3.83. The number of methoxy groups -OCH3 is 2. The Balaban J connectivity index is 1.78. The number of aryl methyl sites for hydroxylation is 1. The summed E-state index contributed by atoms with van der Waals surface area (Å²) in [5.74, 6) is 0.595. The molecule has 0 saturated carbocycles. The highest BCUT2D eigenvalue weighted by Gasteiger charge is 2.12. The number of carbonyl (C=O) groups is 1. The van der Waals surface area contributed by atoms with Crippen molar-refractivity contribution in [3.63, 3.8) is 0 Å². The zero-order valence-electron chi connectivity index (χ0n) is 17.6. The second kappa shape index (κ2) is 9.12. The first-order chi connectivity index (χ1) is 14.8. The molecular formula is C22H22N4O5. The molecule has 0 aliphatic carbocycles. The maximum Gasteiger partial charge on any atom is 0.271 e. The molecule has 0 saturated heterocycles. The lowest BCUT2D eigenvalue weighted by Gasteiger charge is -2.09. The molecule has 3 rings (SSSR count). The lowest BCUT2D eigenvalue weighted by atomic mass is 10.2. The number of non-ortho nitro benzene ring substituents is 1. The summed E-state index contributed by atoms with van der Waals surface area (Å²) in [6, 6.07) is 13.1. The Morgan fingerprint density at radius 1 is 1.06 bits per heavy atom. The molecule has 3 aromatic rings. The number of nitrogens with zero attached hydrogens (tertiary/aromatic N) is 3. The summed E-state index contributed by atoms with van der Waals surface area (Å²) >= 11 is 0. The number of aromatic nitrogens is 1. The van der Waals surface area contributed by atoms with E-state index in [0.29, 0.717) is 17.1 Å². The van der Waals surface area contributed by atoms with Gasteiger partial charge in [0.2, 0.25) is 0 Å². The number of ether oxygens (including phenoxy) is 2. The van der Waals surface area contributed by atoms with Crippen LogP contribution in [0.2, 0.25) is 0 Å². The zero-order chi connectivity index (χ0) is 22.5. The number of hydrogen-bond acceptors (Lipinski definition) is 6. The second-order valence-corrected chi connectivity index (χ2v) is 6.74. The number of benzene rings is 2. The highest BCUT2D eigenvalue weighted by molar-refractivity contribution is 5.95. The molecule has 1 N–H and O–H groups in total. The van der Waals surface area contributed by atoms with E-state index in [0.717, 1.165) is 22.6 Å². The van der Waals surface area contributed by atoms with Crippen LogP contribution >= 0.6 is 0 Å². The summed E-state index contributed by atoms with van der Waals surface area (Å²) in [4.78, 5) is 22.9. The van der Waals surface area contributed by atoms with E-state index >= 15 is 0 Å². The minimum atomic E-state index is -0.433. The van der Waals surface area contributed by atoms with Crippen LogP contribution in [0, 0.1) is 24.0 Å². The lowest BCUT2D eigenvalue weighted by molar-refractivity contribution is -0.384. The van der Waals surface area contributed by atoms with Gasteiger partial charge in [0, 0.05) is 46.4 Å². The average molecular weight is 422 g/mol. The summed E-state index contributed by atoms with van der Waals surface area (Å²) in [7, 11) is 3.02. The number of carbonyl (C=O) groups excluding carboxylic acids is 1. The third kappa shape index (κ3) is 4.72. The van der Waals surface area contributed by atoms with Gasteiger partial charge in [0.1, 0.15) is 11.5 Å². The fourth-order valence-electron chi connectivity index (χ4n) is 3.20. The lowest BCUT2D eigenvalue weighted by Crippen LogP contribution is -2.17. The van der Waals surface area contributed by atoms with Gasteiger partial charge in [-0.1, -0.05) is 0 Å². The molecule has 0 aliphatic heterocycles. The van der Waals surface area contributed by atoms with Crippen LogP contribution in [0.3, 0.4) is 0 Å². The fourth-order valence-corrected chi connectivity index (χ4v) is 3.20. The van der Waals surface area contributed by atoms with Crippen LogP contribution in [0.5, 0.6) is 11.5 Å². The minimum Gasteiger partial charge on any atom is -0.497 e. The van der Waals surface area contributed by atoms with E-state index < -0.39 is 10.8 Å². The number of hydrogen-bond donors (Lipinski definition) is 1. The molecule has 1 aromatic heterocycles. The summed E-state index contributed by atoms with van der Waals surface area (Å²) < 4.78 is 12.3. The Morgan fingerprint density at radius 2 is 1.68 bits per heavy atom. The number of hydrazone groups is 1. The number of nitrogens with one attached hydrogen (secondary N) is 1. The predicted octanol–water partition coefficient (Wildman–Crippen LogP) is 3.78. The Morgan fingerprint density at radius 3 is 2.23 bits per heavy atom. The van der Waals surface area contributed by atoms with Crippen molar-refractivity contribution in [2.24, 2.45) is 5.10 Å². The van der Waals surface area contributed by atoms with Gasteiger partial charge in [-0.3, -0.25) is 14.9 Å². The van der Waals surface area contributed by atoms with E-state index in [4.69, 9.17) is 9.47 Å². The van der Waals surface area contributed by atoms with Crippen molar-refractivity contribution < 1.29 is 19.2 Å². The monoisotopic (exact) mass is 422 g/mol. The molecule has 0 aliphatic rings. The Kier molecular flexibility index (Phi) is 6.35. The predicted molar refractivity (Wildman–Crippen MR) is 117 cm³/mol. The van der Waals surface area contributed by atoms with Crippen molar-refractivity contribution >= 4 is 17.8 Å². The van der Waals surface area contributed by atoms with Crippen LogP contribution in [0.25, 0.3) is 5.69 Å². The van der Waals surface area contributed by atoms with E-state index in [-0.39, 0.29) is 5.69 Å². The third-order valence-electron chi connectivity index (χ3n) is 4.77. The summed E-state index contributed by atoms with van der Waals surface area (Å²) in [5.41, 5.74) is 6.30. The SMILES string of the molecule is COc1cc(OC)cc(C(=O)NN=Cc2cc(C)n(-c3ccc([N+](=O)[O-])cc3)c2C)c1. The highest BCUT2D eigenvalue weighted by atomic mass is 16.6. The molecule has 9 nitrogen and oxygen atoms in total. The summed E-state index contributed by atoms with van der Waals surface area (Å²) in [6.07, 6.45) is 1.56. The van der Waals surface area contributed by atoms with E-state index in [1.807, 2.05) is 24.5 Å². The van der Waals surface area contributed by atoms with Gasteiger partial charge in [-0.05, 0) is 44.2 Å². The van der Waals surface area contributed by atoms with Crippen molar-refractivity contribution in [2.45, 2.75) is 13.8 Å². The van der Waals surface area contributed by atoms with E-state index in [2.05, 4.69) is 10.5 Å². The molecule has 0 bridgehead atoms. The molecule has 1 amide bonds. The second-order valence-electron chi connectivity index (χ2n) is 6.74. The largest absolute Gasteiger partial charge is 0.497 e. The van der Waals surface area contributed by atoms with Gasteiger partial charge in [0.05, 0.1) is 25.4 Å². The summed E-state index contributed by atoms with van der Waals surface area (Å²) in [5, 5.41) is 14.9. The third-order valence-corrected chi connectivity index (χ3v) is 4.77. The average Bonchev–Trinajstić information content (AvgIpc) is 3.06. The first-order valence-corrected chi connectivity index (χ1v) is 9.34. The smallest absolute Gasteiger partial charge is 0.271 e. The van der Waals surface area contributed by atoms with Crippen molar-refractivity contribution in [3.8, 4) is 17.2 Å². The quantitative estimate of drug-likeness (QED) is 0.354. The Hall–Kier alpha value is -4.14. The van der Waals surface area contributed by atoms with Crippen LogP contribution in [-0.2, 0) is 0 Å². The van der Waals surface area contributed by atoms with Gasteiger partial charge in [-0.25, -0.2) is 5.43 Å². The van der Waals surface area contributed by atoms with Crippen molar-refractivity contribution in [1.29, 1.82) is 0 Å². The Bertz CT molecular complexity index is 1130. The molecular weight excluding hydrogens is 400 g/mol. The molecule has 0 radical (unpaired) electrons. The molecule has 31 heavy (non-hydrogen) atoms. The van der Waals surface area contributed by atoms with Gasteiger partial charge < -0.3 is 14.0 Å². The molecule has 1 heterocycles. The highest BCUT2D eigenvalue weighted by Crippen LogP contribution is 2.23. The zero-order valence-corrected chi connectivity index (χ0v) is 17.6. The first kappa shape index (κ1) is 21.6. The van der Waals surface area contributed by atoms with Crippen LogP contribution in [0.15, 0.2) is 53.6 Å². The standard InChI is InChI=1S/C22H22N4O5/c1-14-9-17(15(2)25(14)18-5-7-19(8-6-18)26(28)29)13-23-24-22(27)16-10-20(30-3)12-21(11-16)31-4/h5-13H,1-4H3,(H,24,27). The van der Waals surface area contributed by atoms with Crippen LogP contribution in [0.1, 0.15) is 27.3 Å². The molecule has 2 aromatic carbocycles. The molecule has 0 unspecified atom stereocenters. The van der Waals surface area contributed by atoms with Crippen LogP contribution in [0.4, 0.5) is 5.69 Å². The minimum absolute atomic E-state index is 0.0323. The van der Waals surface area contributed by atoms with Gasteiger partial charge >= 0.3 is 0 Å². The fraction of sp³-hybridized carbons (Fsp3) is 0.182. The number of rotatable bonds is 7. The maximum atomic E-state index is 12.4. The van der Waals surface area contributed by atoms with E-state index in [9.17, 15) is 14.9 Å². The van der Waals surface area contributed by atoms with Crippen molar-refractivity contribution in [3.05, 3.63) is 81.2 Å².